The normalized spacial score (nSPS) is 21.7. The largest absolute Gasteiger partial charge is 0.478 e. The van der Waals surface area contributed by atoms with E-state index in [4.69, 9.17) is 4.74 Å². The molecule has 0 spiro atoms. The van der Waals surface area contributed by atoms with Gasteiger partial charge in [-0.05, 0) is 43.9 Å². The first-order chi connectivity index (χ1) is 10.2. The molecule has 2 fully saturated rings. The molecule has 2 aliphatic rings. The van der Waals surface area contributed by atoms with Crippen LogP contribution in [0, 0.1) is 0 Å². The molecule has 2 aliphatic heterocycles. The number of carboxylic acid groups (broad SMARTS) is 1. The Morgan fingerprint density at radius 3 is 2.81 bits per heavy atom. The van der Waals surface area contributed by atoms with Gasteiger partial charge in [-0.1, -0.05) is 0 Å². The van der Waals surface area contributed by atoms with Crippen LogP contribution in [0.5, 0.6) is 0 Å². The third-order valence-electron chi connectivity index (χ3n) is 4.25. The highest BCUT2D eigenvalue weighted by Crippen LogP contribution is 2.26. The quantitative estimate of drug-likeness (QED) is 0.872. The van der Waals surface area contributed by atoms with Crippen LogP contribution in [0.3, 0.4) is 0 Å². The van der Waals surface area contributed by atoms with Crippen molar-refractivity contribution in [3.05, 3.63) is 23.8 Å². The third-order valence-corrected chi connectivity index (χ3v) is 4.25. The summed E-state index contributed by atoms with van der Waals surface area (Å²) >= 11 is 0. The van der Waals surface area contributed by atoms with E-state index < -0.39 is 5.97 Å². The molecule has 0 amide bonds. The lowest BCUT2D eigenvalue weighted by molar-refractivity contribution is 0.0697. The molecule has 0 radical (unpaired) electrons. The zero-order valence-corrected chi connectivity index (χ0v) is 12.2. The molecule has 2 heterocycles. The Labute approximate surface area is 124 Å². The van der Waals surface area contributed by atoms with Gasteiger partial charge in [-0.3, -0.25) is 0 Å². The van der Waals surface area contributed by atoms with E-state index in [1.807, 2.05) is 12.1 Å². The maximum absolute atomic E-state index is 11.5. The number of hydrogen-bond donors (Lipinski definition) is 2. The molecule has 5 nitrogen and oxygen atoms in total. The third kappa shape index (κ3) is 3.29. The summed E-state index contributed by atoms with van der Waals surface area (Å²) in [5.74, 6) is -0.883. The van der Waals surface area contributed by atoms with Gasteiger partial charge in [-0.25, -0.2) is 4.79 Å². The fourth-order valence-corrected chi connectivity index (χ4v) is 3.06. The van der Waals surface area contributed by atoms with Crippen LogP contribution < -0.4 is 10.2 Å². The van der Waals surface area contributed by atoms with Gasteiger partial charge in [0.25, 0.3) is 0 Å². The molecule has 1 aromatic carbocycles. The number of carbonyl (C=O) groups is 1. The average Bonchev–Trinajstić information content (AvgIpc) is 3.18. The number of hydrogen-bond acceptors (Lipinski definition) is 4. The maximum Gasteiger partial charge on any atom is 0.337 e. The number of nitrogens with zero attached hydrogens (tertiary/aromatic N) is 1. The van der Waals surface area contributed by atoms with Crippen LogP contribution in [0.25, 0.3) is 0 Å². The molecule has 1 aromatic rings. The summed E-state index contributed by atoms with van der Waals surface area (Å²) < 4.78 is 5.56. The Bertz CT molecular complexity index is 506. The first kappa shape index (κ1) is 14.2. The van der Waals surface area contributed by atoms with E-state index >= 15 is 0 Å². The van der Waals surface area contributed by atoms with Gasteiger partial charge in [0.05, 0.1) is 11.7 Å². The number of rotatable bonds is 5. The Balaban J connectivity index is 1.73. The molecule has 0 saturated carbocycles. The summed E-state index contributed by atoms with van der Waals surface area (Å²) in [4.78, 5) is 13.7. The maximum atomic E-state index is 11.5. The summed E-state index contributed by atoms with van der Waals surface area (Å²) in [6.07, 6.45) is 4.70. The number of aromatic carboxylic acids is 1. The van der Waals surface area contributed by atoms with Crippen molar-refractivity contribution in [2.45, 2.75) is 31.8 Å². The fraction of sp³-hybridized carbons (Fsp3) is 0.562. The minimum atomic E-state index is -0.883. The summed E-state index contributed by atoms with van der Waals surface area (Å²) in [6.45, 7) is 3.51. The van der Waals surface area contributed by atoms with E-state index in [-0.39, 0.29) is 6.10 Å². The van der Waals surface area contributed by atoms with Gasteiger partial charge in [-0.15, -0.1) is 0 Å². The highest BCUT2D eigenvalue weighted by atomic mass is 16.5. The first-order valence-electron chi connectivity index (χ1n) is 7.72. The molecule has 5 heteroatoms. The SMILES string of the molecule is O=C(O)c1cc(N2CCCC2)ccc1NCC1CCCO1. The van der Waals surface area contributed by atoms with Gasteiger partial charge in [0, 0.05) is 37.6 Å². The van der Waals surface area contributed by atoms with Gasteiger partial charge >= 0.3 is 5.97 Å². The van der Waals surface area contributed by atoms with Gasteiger partial charge in [0.15, 0.2) is 0 Å². The molecule has 1 atom stereocenters. The molecule has 0 aromatic heterocycles. The highest BCUT2D eigenvalue weighted by molar-refractivity contribution is 5.95. The molecule has 114 valence electrons. The van der Waals surface area contributed by atoms with Crippen LogP contribution in [0.4, 0.5) is 11.4 Å². The number of carboxylic acids is 1. The minimum absolute atomic E-state index is 0.199. The second kappa shape index (κ2) is 6.35. The van der Waals surface area contributed by atoms with E-state index in [9.17, 15) is 9.90 Å². The standard InChI is InChI=1S/C16H22N2O3/c19-16(20)14-10-12(18-7-1-2-8-18)5-6-15(14)17-11-13-4-3-9-21-13/h5-6,10,13,17H,1-4,7-9,11H2,(H,19,20). The lowest BCUT2D eigenvalue weighted by atomic mass is 10.1. The van der Waals surface area contributed by atoms with Crippen molar-refractivity contribution in [3.63, 3.8) is 0 Å². The molecular formula is C16H22N2O3. The lowest BCUT2D eigenvalue weighted by Gasteiger charge is -2.20. The minimum Gasteiger partial charge on any atom is -0.478 e. The van der Waals surface area contributed by atoms with Gasteiger partial charge < -0.3 is 20.1 Å². The van der Waals surface area contributed by atoms with E-state index in [1.54, 1.807) is 6.07 Å². The topological polar surface area (TPSA) is 61.8 Å². The van der Waals surface area contributed by atoms with Crippen LogP contribution in [0.2, 0.25) is 0 Å². The van der Waals surface area contributed by atoms with Crippen LogP contribution in [0.1, 0.15) is 36.0 Å². The molecule has 0 bridgehead atoms. The Morgan fingerprint density at radius 1 is 1.33 bits per heavy atom. The molecule has 1 unspecified atom stereocenters. The van der Waals surface area contributed by atoms with Crippen LogP contribution in [-0.4, -0.2) is 43.4 Å². The van der Waals surface area contributed by atoms with Crippen molar-refractivity contribution in [3.8, 4) is 0 Å². The Hall–Kier alpha value is -1.75. The molecule has 21 heavy (non-hydrogen) atoms. The van der Waals surface area contributed by atoms with Crippen molar-refractivity contribution >= 4 is 17.3 Å². The molecule has 0 aliphatic carbocycles. The van der Waals surface area contributed by atoms with E-state index in [0.717, 1.165) is 38.2 Å². The predicted octanol–water partition coefficient (Wildman–Crippen LogP) is 2.58. The summed E-state index contributed by atoms with van der Waals surface area (Å²) in [6, 6.07) is 5.67. The summed E-state index contributed by atoms with van der Waals surface area (Å²) in [5.41, 5.74) is 2.03. The van der Waals surface area contributed by atoms with E-state index in [0.29, 0.717) is 17.8 Å². The van der Waals surface area contributed by atoms with Crippen LogP contribution in [0.15, 0.2) is 18.2 Å². The van der Waals surface area contributed by atoms with Gasteiger partial charge in [0.2, 0.25) is 0 Å². The predicted molar refractivity (Wildman–Crippen MR) is 82.3 cm³/mol. The van der Waals surface area contributed by atoms with Crippen molar-refractivity contribution < 1.29 is 14.6 Å². The average molecular weight is 290 g/mol. The summed E-state index contributed by atoms with van der Waals surface area (Å²) in [5, 5.41) is 12.7. The molecule has 2 saturated heterocycles. The fourth-order valence-electron chi connectivity index (χ4n) is 3.06. The van der Waals surface area contributed by atoms with E-state index in [2.05, 4.69) is 10.2 Å². The van der Waals surface area contributed by atoms with Crippen molar-refractivity contribution in [1.82, 2.24) is 0 Å². The first-order valence-corrected chi connectivity index (χ1v) is 7.72. The molecule has 3 rings (SSSR count). The van der Waals surface area contributed by atoms with Gasteiger partial charge in [-0.2, -0.15) is 0 Å². The van der Waals surface area contributed by atoms with Crippen molar-refractivity contribution in [2.24, 2.45) is 0 Å². The second-order valence-corrected chi connectivity index (χ2v) is 5.75. The highest BCUT2D eigenvalue weighted by Gasteiger charge is 2.19. The number of nitrogens with one attached hydrogen (secondary N) is 1. The van der Waals surface area contributed by atoms with Crippen LogP contribution in [-0.2, 0) is 4.74 Å². The lowest BCUT2D eigenvalue weighted by Crippen LogP contribution is -2.21. The molecule has 2 N–H and O–H groups in total. The second-order valence-electron chi connectivity index (χ2n) is 5.75. The van der Waals surface area contributed by atoms with Gasteiger partial charge in [0.1, 0.15) is 0 Å². The smallest absolute Gasteiger partial charge is 0.337 e. The monoisotopic (exact) mass is 290 g/mol. The number of ether oxygens (including phenoxy) is 1. The summed E-state index contributed by atoms with van der Waals surface area (Å²) in [7, 11) is 0. The Kier molecular flexibility index (Phi) is 4.29. The molecular weight excluding hydrogens is 268 g/mol. The van der Waals surface area contributed by atoms with Crippen LogP contribution >= 0.6 is 0 Å². The zero-order chi connectivity index (χ0) is 14.7. The van der Waals surface area contributed by atoms with Crippen molar-refractivity contribution in [2.75, 3.05) is 36.5 Å². The zero-order valence-electron chi connectivity index (χ0n) is 12.2. The number of benzene rings is 1. The number of anilines is 2. The van der Waals surface area contributed by atoms with E-state index in [1.165, 1.54) is 12.8 Å². The van der Waals surface area contributed by atoms with Crippen molar-refractivity contribution in [1.29, 1.82) is 0 Å². The Morgan fingerprint density at radius 2 is 2.14 bits per heavy atom.